The number of rotatable bonds is 6. The van der Waals surface area contributed by atoms with Gasteiger partial charge in [0.25, 0.3) is 0 Å². The molecule has 0 aromatic carbocycles. The van der Waals surface area contributed by atoms with Crippen molar-refractivity contribution in [3.8, 4) is 0 Å². The van der Waals surface area contributed by atoms with Crippen molar-refractivity contribution in [1.29, 1.82) is 0 Å². The molecule has 17 heavy (non-hydrogen) atoms. The molecule has 0 bridgehead atoms. The molecule has 1 amide bonds. The number of amides is 1. The van der Waals surface area contributed by atoms with Gasteiger partial charge in [0.05, 0.1) is 12.1 Å². The Kier molecular flexibility index (Phi) is 5.10. The van der Waals surface area contributed by atoms with Crippen molar-refractivity contribution >= 4 is 5.91 Å². The average Bonchev–Trinajstić information content (AvgIpc) is 2.37. The van der Waals surface area contributed by atoms with Crippen LogP contribution in [0, 0.1) is 0 Å². The molecule has 1 aromatic rings. The third-order valence-electron chi connectivity index (χ3n) is 2.96. The number of nitrogens with one attached hydrogen (secondary N) is 1. The van der Waals surface area contributed by atoms with Gasteiger partial charge in [-0.05, 0) is 37.5 Å². The van der Waals surface area contributed by atoms with Gasteiger partial charge >= 0.3 is 0 Å². The minimum atomic E-state index is -0.505. The zero-order valence-corrected chi connectivity index (χ0v) is 10.4. The number of aliphatic hydroxyl groups is 1. The first-order valence-corrected chi connectivity index (χ1v) is 5.90. The van der Waals surface area contributed by atoms with Gasteiger partial charge in [-0.2, -0.15) is 0 Å². The summed E-state index contributed by atoms with van der Waals surface area (Å²) in [5, 5.41) is 12.1. The lowest BCUT2D eigenvalue weighted by molar-refractivity contribution is -0.123. The van der Waals surface area contributed by atoms with E-state index in [0.29, 0.717) is 19.3 Å². The molecule has 94 valence electrons. The number of carbonyl (C=O) groups is 1. The summed E-state index contributed by atoms with van der Waals surface area (Å²) >= 11 is 0. The number of hydrogen-bond donors (Lipinski definition) is 2. The summed E-state index contributed by atoms with van der Waals surface area (Å²) in [6.07, 6.45) is 5.28. The summed E-state index contributed by atoms with van der Waals surface area (Å²) in [5.41, 5.74) is 0.590. The van der Waals surface area contributed by atoms with Gasteiger partial charge in [0.1, 0.15) is 0 Å². The fourth-order valence-corrected chi connectivity index (χ4v) is 1.45. The second kappa shape index (κ2) is 6.35. The van der Waals surface area contributed by atoms with Crippen molar-refractivity contribution < 1.29 is 9.90 Å². The molecular formula is C13H20N2O2. The Hall–Kier alpha value is -1.42. The summed E-state index contributed by atoms with van der Waals surface area (Å²) in [6.45, 7) is 3.75. The van der Waals surface area contributed by atoms with Gasteiger partial charge in [0, 0.05) is 18.8 Å². The number of aliphatic hydroxyl groups excluding tert-OH is 1. The largest absolute Gasteiger partial charge is 0.394 e. The third-order valence-corrected chi connectivity index (χ3v) is 2.96. The number of carbonyl (C=O) groups excluding carboxylic acids is 1. The smallest absolute Gasteiger partial charge is 0.220 e. The lowest BCUT2D eigenvalue weighted by Gasteiger charge is -2.27. The standard InChI is InChI=1S/C13H20N2O2/c1-3-13(2,10-16)15-12(17)5-4-11-6-8-14-9-7-11/h6-9,16H,3-5,10H2,1-2H3,(H,15,17). The van der Waals surface area contributed by atoms with Crippen molar-refractivity contribution in [3.63, 3.8) is 0 Å². The zero-order valence-electron chi connectivity index (χ0n) is 10.4. The first-order chi connectivity index (χ1) is 8.09. The fourth-order valence-electron chi connectivity index (χ4n) is 1.45. The minimum Gasteiger partial charge on any atom is -0.394 e. The molecule has 0 radical (unpaired) electrons. The van der Waals surface area contributed by atoms with E-state index in [9.17, 15) is 9.90 Å². The number of aryl methyl sites for hydroxylation is 1. The summed E-state index contributed by atoms with van der Waals surface area (Å²) in [5.74, 6) is -0.0276. The highest BCUT2D eigenvalue weighted by molar-refractivity contribution is 5.77. The van der Waals surface area contributed by atoms with Crippen LogP contribution in [0.5, 0.6) is 0 Å². The molecule has 0 aliphatic carbocycles. The van der Waals surface area contributed by atoms with Gasteiger partial charge in [-0.25, -0.2) is 0 Å². The van der Waals surface area contributed by atoms with E-state index in [4.69, 9.17) is 0 Å². The maximum atomic E-state index is 11.7. The van der Waals surface area contributed by atoms with Crippen molar-refractivity contribution in [2.75, 3.05) is 6.61 Å². The zero-order chi connectivity index (χ0) is 12.7. The molecular weight excluding hydrogens is 216 g/mol. The first-order valence-electron chi connectivity index (χ1n) is 5.90. The van der Waals surface area contributed by atoms with Crippen LogP contribution in [0.2, 0.25) is 0 Å². The monoisotopic (exact) mass is 236 g/mol. The van der Waals surface area contributed by atoms with Crippen LogP contribution in [-0.4, -0.2) is 28.1 Å². The van der Waals surface area contributed by atoms with Gasteiger partial charge in [0.15, 0.2) is 0 Å². The molecule has 4 nitrogen and oxygen atoms in total. The molecule has 0 saturated carbocycles. The van der Waals surface area contributed by atoms with E-state index in [0.717, 1.165) is 5.56 Å². The van der Waals surface area contributed by atoms with Crippen LogP contribution in [0.15, 0.2) is 24.5 Å². The van der Waals surface area contributed by atoms with E-state index in [1.54, 1.807) is 12.4 Å². The Labute approximate surface area is 102 Å². The molecule has 4 heteroatoms. The van der Waals surface area contributed by atoms with Crippen LogP contribution < -0.4 is 5.32 Å². The highest BCUT2D eigenvalue weighted by atomic mass is 16.3. The highest BCUT2D eigenvalue weighted by Gasteiger charge is 2.22. The quantitative estimate of drug-likeness (QED) is 0.782. The summed E-state index contributed by atoms with van der Waals surface area (Å²) in [7, 11) is 0. The molecule has 0 spiro atoms. The van der Waals surface area contributed by atoms with Crippen LogP contribution in [0.3, 0.4) is 0 Å². The molecule has 1 atom stereocenters. The first kappa shape index (κ1) is 13.6. The SMILES string of the molecule is CCC(C)(CO)NC(=O)CCc1ccncc1. The molecule has 0 aliphatic rings. The number of hydrogen-bond acceptors (Lipinski definition) is 3. The molecule has 1 unspecified atom stereocenters. The van der Waals surface area contributed by atoms with E-state index in [1.165, 1.54) is 0 Å². The Morgan fingerprint density at radius 1 is 1.47 bits per heavy atom. The van der Waals surface area contributed by atoms with Crippen LogP contribution in [-0.2, 0) is 11.2 Å². The van der Waals surface area contributed by atoms with Crippen LogP contribution in [0.25, 0.3) is 0 Å². The van der Waals surface area contributed by atoms with Gasteiger partial charge in [-0.15, -0.1) is 0 Å². The summed E-state index contributed by atoms with van der Waals surface area (Å²) < 4.78 is 0. The van der Waals surface area contributed by atoms with Crippen LogP contribution in [0.1, 0.15) is 32.3 Å². The van der Waals surface area contributed by atoms with Crippen LogP contribution in [0.4, 0.5) is 0 Å². The molecule has 0 saturated heterocycles. The second-order valence-electron chi connectivity index (χ2n) is 4.48. The topological polar surface area (TPSA) is 62.2 Å². The van der Waals surface area contributed by atoms with Crippen molar-refractivity contribution in [2.24, 2.45) is 0 Å². The predicted octanol–water partition coefficient (Wildman–Crippen LogP) is 1.29. The third kappa shape index (κ3) is 4.53. The Morgan fingerprint density at radius 3 is 2.65 bits per heavy atom. The molecule has 2 N–H and O–H groups in total. The Morgan fingerprint density at radius 2 is 2.12 bits per heavy atom. The van der Waals surface area contributed by atoms with Crippen molar-refractivity contribution in [2.45, 2.75) is 38.6 Å². The van der Waals surface area contributed by atoms with E-state index in [-0.39, 0.29) is 12.5 Å². The minimum absolute atomic E-state index is 0.0276. The van der Waals surface area contributed by atoms with Gasteiger partial charge in [0.2, 0.25) is 5.91 Å². The normalized spacial score (nSPS) is 14.1. The maximum absolute atomic E-state index is 11.7. The second-order valence-corrected chi connectivity index (χ2v) is 4.48. The van der Waals surface area contributed by atoms with E-state index >= 15 is 0 Å². The molecule has 0 fully saturated rings. The predicted molar refractivity (Wildman–Crippen MR) is 66.5 cm³/mol. The molecule has 0 aliphatic heterocycles. The number of nitrogens with zero attached hydrogens (tertiary/aromatic N) is 1. The van der Waals surface area contributed by atoms with Gasteiger partial charge in [-0.1, -0.05) is 6.92 Å². The molecule has 1 heterocycles. The van der Waals surface area contributed by atoms with E-state index < -0.39 is 5.54 Å². The van der Waals surface area contributed by atoms with E-state index in [2.05, 4.69) is 10.3 Å². The average molecular weight is 236 g/mol. The fraction of sp³-hybridized carbons (Fsp3) is 0.538. The van der Waals surface area contributed by atoms with Crippen molar-refractivity contribution in [1.82, 2.24) is 10.3 Å². The van der Waals surface area contributed by atoms with Crippen molar-refractivity contribution in [3.05, 3.63) is 30.1 Å². The van der Waals surface area contributed by atoms with Gasteiger partial charge in [-0.3, -0.25) is 9.78 Å². The Balaban J connectivity index is 2.40. The number of aromatic nitrogens is 1. The summed E-state index contributed by atoms with van der Waals surface area (Å²) in [4.78, 5) is 15.6. The van der Waals surface area contributed by atoms with E-state index in [1.807, 2.05) is 26.0 Å². The lowest BCUT2D eigenvalue weighted by Crippen LogP contribution is -2.48. The highest BCUT2D eigenvalue weighted by Crippen LogP contribution is 2.08. The summed E-state index contributed by atoms with van der Waals surface area (Å²) in [6, 6.07) is 3.80. The maximum Gasteiger partial charge on any atom is 0.220 e. The molecule has 1 aromatic heterocycles. The van der Waals surface area contributed by atoms with Gasteiger partial charge < -0.3 is 10.4 Å². The Bertz CT molecular complexity index is 348. The van der Waals surface area contributed by atoms with Crippen LogP contribution >= 0.6 is 0 Å². The lowest BCUT2D eigenvalue weighted by atomic mass is 9.99. The molecule has 1 rings (SSSR count). The number of pyridine rings is 1.